The van der Waals surface area contributed by atoms with Crippen LogP contribution >= 0.6 is 11.8 Å². The molecule has 0 atom stereocenters. The molecule has 6 nitrogen and oxygen atoms in total. The number of pyridine rings is 1. The Morgan fingerprint density at radius 3 is 2.52 bits per heavy atom. The van der Waals surface area contributed by atoms with E-state index in [1.165, 1.54) is 55.4 Å². The van der Waals surface area contributed by atoms with Crippen LogP contribution in [0.3, 0.4) is 0 Å². The van der Waals surface area contributed by atoms with Crippen molar-refractivity contribution in [3.05, 3.63) is 83.1 Å². The van der Waals surface area contributed by atoms with Crippen LogP contribution in [0.15, 0.2) is 64.6 Å². The first-order chi connectivity index (χ1) is 14.7. The van der Waals surface area contributed by atoms with Crippen LogP contribution in [0.1, 0.15) is 21.5 Å². The third-order valence-corrected chi connectivity index (χ3v) is 6.68. The van der Waals surface area contributed by atoms with Gasteiger partial charge in [0.15, 0.2) is 11.6 Å². The molecule has 2 aromatic carbocycles. The van der Waals surface area contributed by atoms with Crippen LogP contribution in [0.2, 0.25) is 0 Å². The number of ether oxygens (including phenoxy) is 1. The number of sulfonamides is 1. The molecule has 0 saturated heterocycles. The van der Waals surface area contributed by atoms with Crippen LogP contribution in [0, 0.1) is 18.6 Å². The second kappa shape index (κ2) is 9.44. The first-order valence-corrected chi connectivity index (χ1v) is 11.4. The highest BCUT2D eigenvalue weighted by molar-refractivity contribution is 7.98. The Morgan fingerprint density at radius 1 is 1.10 bits per heavy atom. The number of methoxy groups -OCH3 is 1. The van der Waals surface area contributed by atoms with Gasteiger partial charge >= 0.3 is 5.97 Å². The number of nitrogens with zero attached hydrogens (tertiary/aromatic N) is 1. The summed E-state index contributed by atoms with van der Waals surface area (Å²) in [7, 11) is -2.73. The molecule has 0 aliphatic heterocycles. The molecule has 0 amide bonds. The highest BCUT2D eigenvalue weighted by Crippen LogP contribution is 2.24. The fraction of sp³-hybridized carbons (Fsp3) is 0.143. The molecule has 0 aliphatic carbocycles. The van der Waals surface area contributed by atoms with Gasteiger partial charge in [0.25, 0.3) is 10.0 Å². The third kappa shape index (κ3) is 5.59. The van der Waals surface area contributed by atoms with E-state index >= 15 is 0 Å². The summed E-state index contributed by atoms with van der Waals surface area (Å²) in [4.78, 5) is 15.9. The topological polar surface area (TPSA) is 85.4 Å². The number of aromatic nitrogens is 1. The molecule has 0 bridgehead atoms. The van der Waals surface area contributed by atoms with Crippen molar-refractivity contribution in [3.63, 3.8) is 0 Å². The summed E-state index contributed by atoms with van der Waals surface area (Å²) in [6.45, 7) is 1.68. The Labute approximate surface area is 182 Å². The number of aryl methyl sites for hydroxylation is 1. The van der Waals surface area contributed by atoms with Crippen molar-refractivity contribution in [3.8, 4) is 0 Å². The minimum atomic E-state index is -3.95. The Bertz CT molecular complexity index is 1220. The molecule has 3 rings (SSSR count). The maximum atomic E-state index is 13.3. The van der Waals surface area contributed by atoms with E-state index in [1.807, 2.05) is 0 Å². The van der Waals surface area contributed by atoms with E-state index in [9.17, 15) is 22.0 Å². The normalized spacial score (nSPS) is 11.2. The van der Waals surface area contributed by atoms with E-state index in [4.69, 9.17) is 0 Å². The van der Waals surface area contributed by atoms with E-state index in [0.29, 0.717) is 21.9 Å². The third-order valence-electron chi connectivity index (χ3n) is 4.28. The smallest absolute Gasteiger partial charge is 0.338 e. The molecule has 0 spiro atoms. The molecule has 3 aromatic rings. The van der Waals surface area contributed by atoms with Gasteiger partial charge in [-0.05, 0) is 54.4 Å². The van der Waals surface area contributed by atoms with Crippen LogP contribution in [-0.4, -0.2) is 26.5 Å². The second-order valence-corrected chi connectivity index (χ2v) is 9.17. The second-order valence-electron chi connectivity index (χ2n) is 6.50. The van der Waals surface area contributed by atoms with Gasteiger partial charge in [0.2, 0.25) is 0 Å². The summed E-state index contributed by atoms with van der Waals surface area (Å²) in [5, 5.41) is 0.580. The minimum Gasteiger partial charge on any atom is -0.465 e. The van der Waals surface area contributed by atoms with Crippen molar-refractivity contribution in [2.45, 2.75) is 22.6 Å². The van der Waals surface area contributed by atoms with Gasteiger partial charge in [-0.15, -0.1) is 11.8 Å². The number of anilines is 1. The number of benzene rings is 2. The van der Waals surface area contributed by atoms with E-state index < -0.39 is 27.6 Å². The molecule has 10 heteroatoms. The maximum absolute atomic E-state index is 13.3. The Hall–Kier alpha value is -2.98. The number of carbonyl (C=O) groups excluding carboxylic acids is 1. The van der Waals surface area contributed by atoms with E-state index in [2.05, 4.69) is 14.4 Å². The van der Waals surface area contributed by atoms with Gasteiger partial charge in [0, 0.05) is 5.75 Å². The molecule has 1 aromatic heterocycles. The van der Waals surface area contributed by atoms with Gasteiger partial charge < -0.3 is 4.74 Å². The van der Waals surface area contributed by atoms with Gasteiger partial charge in [-0.25, -0.2) is 27.0 Å². The van der Waals surface area contributed by atoms with Gasteiger partial charge in [0.05, 0.1) is 34.5 Å². The van der Waals surface area contributed by atoms with E-state index in [0.717, 1.165) is 12.1 Å². The molecule has 0 radical (unpaired) electrons. The van der Waals surface area contributed by atoms with E-state index in [1.54, 1.807) is 13.0 Å². The number of halogens is 2. The zero-order valence-corrected chi connectivity index (χ0v) is 18.2. The number of hydrogen-bond acceptors (Lipinski definition) is 6. The molecule has 162 valence electrons. The number of hydrogen-bond donors (Lipinski definition) is 1. The lowest BCUT2D eigenvalue weighted by atomic mass is 10.1. The van der Waals surface area contributed by atoms with Crippen molar-refractivity contribution in [1.29, 1.82) is 0 Å². The van der Waals surface area contributed by atoms with Crippen molar-refractivity contribution in [2.24, 2.45) is 0 Å². The Kier molecular flexibility index (Phi) is 6.91. The average Bonchev–Trinajstić information content (AvgIpc) is 2.75. The molecule has 0 unspecified atom stereocenters. The number of esters is 1. The predicted molar refractivity (Wildman–Crippen MR) is 113 cm³/mol. The minimum absolute atomic E-state index is 0.0877. The number of carbonyl (C=O) groups is 1. The Balaban J connectivity index is 1.70. The first-order valence-electron chi connectivity index (χ1n) is 8.94. The zero-order valence-electron chi connectivity index (χ0n) is 16.6. The fourth-order valence-corrected chi connectivity index (χ4v) is 4.48. The molecule has 31 heavy (non-hydrogen) atoms. The van der Waals surface area contributed by atoms with Gasteiger partial charge in [-0.1, -0.05) is 12.1 Å². The lowest BCUT2D eigenvalue weighted by Crippen LogP contribution is -2.14. The lowest BCUT2D eigenvalue weighted by Gasteiger charge is -2.11. The highest BCUT2D eigenvalue weighted by Gasteiger charge is 2.19. The Morgan fingerprint density at radius 2 is 1.87 bits per heavy atom. The van der Waals surface area contributed by atoms with Crippen LogP contribution < -0.4 is 4.72 Å². The SMILES string of the molecule is COC(=O)c1cc(S(=O)(=O)Nc2ccc(SCc3ccc(F)c(F)c3)nc2)ccc1C. The number of rotatable bonds is 7. The monoisotopic (exact) mass is 464 g/mol. The summed E-state index contributed by atoms with van der Waals surface area (Å²) in [5.74, 6) is -2.08. The first kappa shape index (κ1) is 22.7. The highest BCUT2D eigenvalue weighted by atomic mass is 32.2. The van der Waals surface area contributed by atoms with Gasteiger partial charge in [-0.3, -0.25) is 4.72 Å². The van der Waals surface area contributed by atoms with Gasteiger partial charge in [-0.2, -0.15) is 0 Å². The largest absolute Gasteiger partial charge is 0.465 e. The van der Waals surface area contributed by atoms with Crippen LogP contribution in [0.5, 0.6) is 0 Å². The number of thioether (sulfide) groups is 1. The molecule has 0 aliphatic rings. The van der Waals surface area contributed by atoms with Gasteiger partial charge in [0.1, 0.15) is 0 Å². The van der Waals surface area contributed by atoms with Crippen LogP contribution in [0.25, 0.3) is 0 Å². The maximum Gasteiger partial charge on any atom is 0.338 e. The summed E-state index contributed by atoms with van der Waals surface area (Å²) >= 11 is 1.29. The number of nitrogens with one attached hydrogen (secondary N) is 1. The zero-order chi connectivity index (χ0) is 22.6. The quantitative estimate of drug-likeness (QED) is 0.408. The van der Waals surface area contributed by atoms with Crippen molar-refractivity contribution < 1.29 is 26.7 Å². The van der Waals surface area contributed by atoms with Crippen LogP contribution in [-0.2, 0) is 20.5 Å². The summed E-state index contributed by atoms with van der Waals surface area (Å²) in [5.41, 5.74) is 1.58. The fourth-order valence-electron chi connectivity index (χ4n) is 2.62. The van der Waals surface area contributed by atoms with Crippen LogP contribution in [0.4, 0.5) is 14.5 Å². The molecule has 1 heterocycles. The summed E-state index contributed by atoms with van der Waals surface area (Å²) in [6, 6.07) is 11.0. The molecule has 1 N–H and O–H groups in total. The molecule has 0 fully saturated rings. The summed E-state index contributed by atoms with van der Waals surface area (Å²) in [6.07, 6.45) is 1.35. The lowest BCUT2D eigenvalue weighted by molar-refractivity contribution is 0.0599. The molecule has 0 saturated carbocycles. The molecular weight excluding hydrogens is 446 g/mol. The standard InChI is InChI=1S/C21H18F2N2O4S2/c1-13-3-6-16(10-17(13)21(26)29-2)31(27,28)25-15-5-8-20(24-11-15)30-12-14-4-7-18(22)19(23)9-14/h3-11,25H,12H2,1-2H3. The molecular formula is C21H18F2N2O4S2. The van der Waals surface area contributed by atoms with Crippen molar-refractivity contribution in [2.75, 3.05) is 11.8 Å². The van der Waals surface area contributed by atoms with Crippen molar-refractivity contribution >= 4 is 33.4 Å². The average molecular weight is 465 g/mol. The van der Waals surface area contributed by atoms with E-state index in [-0.39, 0.29) is 16.1 Å². The predicted octanol–water partition coefficient (Wildman–Crippen LogP) is 4.55. The van der Waals surface area contributed by atoms with Crippen molar-refractivity contribution in [1.82, 2.24) is 4.98 Å². The summed E-state index contributed by atoms with van der Waals surface area (Å²) < 4.78 is 58.7.